The number of hydrogen-bond donors (Lipinski definition) is 0. The molecule has 3 heterocycles. The lowest BCUT2D eigenvalue weighted by atomic mass is 9.90. The fraction of sp³-hybridized carbons (Fsp3) is 0.250. The van der Waals surface area contributed by atoms with Gasteiger partial charge < -0.3 is 4.74 Å². The smallest absolute Gasteiger partial charge is 0.232 e. The van der Waals surface area contributed by atoms with Crippen molar-refractivity contribution in [2.45, 2.75) is 32.3 Å². The SMILES string of the molecule is N#Cc1ncc(-c2cc(OCc3ccccn3)nc3c2CCCC3)cn1. The van der Waals surface area contributed by atoms with Crippen molar-refractivity contribution in [3.63, 3.8) is 0 Å². The topological polar surface area (TPSA) is 84.6 Å². The van der Waals surface area contributed by atoms with Crippen molar-refractivity contribution < 1.29 is 4.74 Å². The third-order valence-electron chi connectivity index (χ3n) is 4.43. The molecule has 6 nitrogen and oxygen atoms in total. The molecule has 0 saturated carbocycles. The number of aromatic nitrogens is 4. The molecule has 0 aliphatic heterocycles. The van der Waals surface area contributed by atoms with Crippen molar-refractivity contribution in [2.75, 3.05) is 0 Å². The molecule has 26 heavy (non-hydrogen) atoms. The van der Waals surface area contributed by atoms with Crippen LogP contribution in [0.25, 0.3) is 11.1 Å². The van der Waals surface area contributed by atoms with Crippen LogP contribution in [0.15, 0.2) is 42.9 Å². The molecule has 0 amide bonds. The number of fused-ring (bicyclic) bond motifs is 1. The van der Waals surface area contributed by atoms with Crippen LogP contribution in [-0.4, -0.2) is 19.9 Å². The highest BCUT2D eigenvalue weighted by Gasteiger charge is 2.18. The lowest BCUT2D eigenvalue weighted by Gasteiger charge is -2.20. The van der Waals surface area contributed by atoms with E-state index in [2.05, 4.69) is 15.0 Å². The summed E-state index contributed by atoms with van der Waals surface area (Å²) in [6.07, 6.45) is 9.34. The number of pyridine rings is 2. The molecule has 0 spiro atoms. The van der Waals surface area contributed by atoms with E-state index in [9.17, 15) is 0 Å². The lowest BCUT2D eigenvalue weighted by Crippen LogP contribution is -2.09. The number of hydrogen-bond acceptors (Lipinski definition) is 6. The number of nitriles is 1. The van der Waals surface area contributed by atoms with Crippen LogP contribution in [0.5, 0.6) is 5.88 Å². The van der Waals surface area contributed by atoms with E-state index in [0.717, 1.165) is 48.2 Å². The van der Waals surface area contributed by atoms with E-state index in [-0.39, 0.29) is 5.82 Å². The fourth-order valence-electron chi connectivity index (χ4n) is 3.17. The Morgan fingerprint density at radius 1 is 1.08 bits per heavy atom. The quantitative estimate of drug-likeness (QED) is 0.723. The average Bonchev–Trinajstić information content (AvgIpc) is 2.72. The Morgan fingerprint density at radius 3 is 2.69 bits per heavy atom. The highest BCUT2D eigenvalue weighted by molar-refractivity contribution is 5.68. The van der Waals surface area contributed by atoms with Crippen LogP contribution in [0.2, 0.25) is 0 Å². The minimum atomic E-state index is 0.170. The number of nitrogens with zero attached hydrogens (tertiary/aromatic N) is 5. The van der Waals surface area contributed by atoms with E-state index in [1.54, 1.807) is 18.6 Å². The molecule has 0 saturated heterocycles. The van der Waals surface area contributed by atoms with Gasteiger partial charge in [0.2, 0.25) is 11.7 Å². The number of aryl methyl sites for hydroxylation is 1. The third-order valence-corrected chi connectivity index (χ3v) is 4.43. The molecule has 0 unspecified atom stereocenters. The second-order valence-electron chi connectivity index (χ2n) is 6.16. The van der Waals surface area contributed by atoms with Crippen molar-refractivity contribution in [3.8, 4) is 23.1 Å². The van der Waals surface area contributed by atoms with Crippen LogP contribution in [-0.2, 0) is 19.4 Å². The largest absolute Gasteiger partial charge is 0.471 e. The molecule has 1 aliphatic rings. The molecule has 128 valence electrons. The van der Waals surface area contributed by atoms with E-state index in [1.807, 2.05) is 30.3 Å². The first-order chi connectivity index (χ1) is 12.8. The molecule has 6 heteroatoms. The van der Waals surface area contributed by atoms with Gasteiger partial charge in [-0.15, -0.1) is 0 Å². The standard InChI is InChI=1S/C20H17N5O/c21-10-19-23-11-14(12-24-19)17-9-20(25-18-7-2-1-6-16(17)18)26-13-15-5-3-4-8-22-15/h3-5,8-9,11-12H,1-2,6-7,13H2. The monoisotopic (exact) mass is 343 g/mol. The van der Waals surface area contributed by atoms with Gasteiger partial charge in [-0.1, -0.05) is 6.07 Å². The predicted molar refractivity (Wildman–Crippen MR) is 95.2 cm³/mol. The Balaban J connectivity index is 1.68. The zero-order valence-electron chi connectivity index (χ0n) is 14.2. The van der Waals surface area contributed by atoms with Crippen LogP contribution >= 0.6 is 0 Å². The van der Waals surface area contributed by atoms with Crippen LogP contribution in [0.1, 0.15) is 35.6 Å². The van der Waals surface area contributed by atoms with Crippen molar-refractivity contribution in [1.82, 2.24) is 19.9 Å². The molecule has 3 aromatic heterocycles. The van der Waals surface area contributed by atoms with Crippen molar-refractivity contribution in [1.29, 1.82) is 5.26 Å². The summed E-state index contributed by atoms with van der Waals surface area (Å²) in [6.45, 7) is 0.371. The molecular weight excluding hydrogens is 326 g/mol. The van der Waals surface area contributed by atoms with Gasteiger partial charge >= 0.3 is 0 Å². The molecule has 0 radical (unpaired) electrons. The summed E-state index contributed by atoms with van der Waals surface area (Å²) in [7, 11) is 0. The summed E-state index contributed by atoms with van der Waals surface area (Å²) in [4.78, 5) is 17.2. The Morgan fingerprint density at radius 2 is 1.92 bits per heavy atom. The normalized spacial score (nSPS) is 12.9. The fourth-order valence-corrected chi connectivity index (χ4v) is 3.17. The molecule has 0 aromatic carbocycles. The maximum atomic E-state index is 8.90. The second-order valence-corrected chi connectivity index (χ2v) is 6.16. The van der Waals surface area contributed by atoms with Gasteiger partial charge in [0.15, 0.2) is 0 Å². The van der Waals surface area contributed by atoms with E-state index < -0.39 is 0 Å². The van der Waals surface area contributed by atoms with Crippen LogP contribution in [0, 0.1) is 11.3 Å². The lowest BCUT2D eigenvalue weighted by molar-refractivity contribution is 0.288. The third kappa shape index (κ3) is 3.38. The molecular formula is C20H17N5O. The molecule has 3 aromatic rings. The highest BCUT2D eigenvalue weighted by Crippen LogP contribution is 2.33. The minimum absolute atomic E-state index is 0.170. The van der Waals surface area contributed by atoms with Crippen molar-refractivity contribution in [2.24, 2.45) is 0 Å². The van der Waals surface area contributed by atoms with Gasteiger partial charge in [-0.2, -0.15) is 5.26 Å². The Labute approximate surface area is 151 Å². The van der Waals surface area contributed by atoms with E-state index in [0.29, 0.717) is 12.5 Å². The van der Waals surface area contributed by atoms with Gasteiger partial charge in [-0.3, -0.25) is 4.98 Å². The van der Waals surface area contributed by atoms with Gasteiger partial charge in [0.05, 0.1) is 5.69 Å². The predicted octanol–water partition coefficient (Wildman–Crippen LogP) is 3.26. The van der Waals surface area contributed by atoms with Gasteiger partial charge in [0.25, 0.3) is 0 Å². The van der Waals surface area contributed by atoms with Crippen molar-refractivity contribution >= 4 is 0 Å². The van der Waals surface area contributed by atoms with Gasteiger partial charge in [-0.05, 0) is 48.9 Å². The van der Waals surface area contributed by atoms with E-state index in [1.165, 1.54) is 5.56 Å². The number of rotatable bonds is 4. The van der Waals surface area contributed by atoms with E-state index in [4.69, 9.17) is 15.0 Å². The Hall–Kier alpha value is -3.33. The zero-order chi connectivity index (χ0) is 17.8. The summed E-state index contributed by atoms with van der Waals surface area (Å²) in [5.74, 6) is 0.749. The summed E-state index contributed by atoms with van der Waals surface area (Å²) < 4.78 is 5.90. The first-order valence-corrected chi connectivity index (χ1v) is 8.61. The molecule has 0 bridgehead atoms. The molecule has 4 rings (SSSR count). The van der Waals surface area contributed by atoms with Crippen molar-refractivity contribution in [3.05, 3.63) is 65.6 Å². The van der Waals surface area contributed by atoms with Gasteiger partial charge in [0, 0.05) is 35.9 Å². The summed E-state index contributed by atoms with van der Waals surface area (Å²) in [6, 6.07) is 9.63. The average molecular weight is 343 g/mol. The summed E-state index contributed by atoms with van der Waals surface area (Å²) >= 11 is 0. The first kappa shape index (κ1) is 16.2. The van der Waals surface area contributed by atoms with Crippen LogP contribution in [0.4, 0.5) is 0 Å². The van der Waals surface area contributed by atoms with Gasteiger partial charge in [0.1, 0.15) is 12.7 Å². The van der Waals surface area contributed by atoms with Crippen LogP contribution in [0.3, 0.4) is 0 Å². The molecule has 1 aliphatic carbocycles. The van der Waals surface area contributed by atoms with Crippen LogP contribution < -0.4 is 4.74 Å². The Kier molecular flexibility index (Phi) is 4.52. The zero-order valence-corrected chi connectivity index (χ0v) is 14.2. The second kappa shape index (κ2) is 7.28. The van der Waals surface area contributed by atoms with Gasteiger partial charge in [-0.25, -0.2) is 15.0 Å². The molecule has 0 atom stereocenters. The first-order valence-electron chi connectivity index (χ1n) is 8.61. The summed E-state index contributed by atoms with van der Waals surface area (Å²) in [5, 5.41) is 8.90. The summed E-state index contributed by atoms with van der Waals surface area (Å²) in [5.41, 5.74) is 5.08. The molecule has 0 N–H and O–H groups in total. The Bertz CT molecular complexity index is 948. The number of ether oxygens (including phenoxy) is 1. The highest BCUT2D eigenvalue weighted by atomic mass is 16.5. The minimum Gasteiger partial charge on any atom is -0.471 e. The maximum Gasteiger partial charge on any atom is 0.232 e. The maximum absolute atomic E-state index is 8.90. The van der Waals surface area contributed by atoms with E-state index >= 15 is 0 Å². The molecule has 0 fully saturated rings.